The van der Waals surface area contributed by atoms with Crippen molar-refractivity contribution < 1.29 is 9.47 Å². The van der Waals surface area contributed by atoms with Crippen molar-refractivity contribution in [2.24, 2.45) is 0 Å². The molecule has 0 aliphatic carbocycles. The summed E-state index contributed by atoms with van der Waals surface area (Å²) >= 11 is 7.55. The molecule has 0 saturated carbocycles. The van der Waals surface area contributed by atoms with Crippen LogP contribution in [0.1, 0.15) is 5.82 Å². The summed E-state index contributed by atoms with van der Waals surface area (Å²) in [6.07, 6.45) is 0. The number of halogens is 1. The highest BCUT2D eigenvalue weighted by Crippen LogP contribution is 2.31. The van der Waals surface area contributed by atoms with Crippen molar-refractivity contribution in [3.05, 3.63) is 53.3 Å². The van der Waals surface area contributed by atoms with Crippen molar-refractivity contribution >= 4 is 23.4 Å². The van der Waals surface area contributed by atoms with E-state index in [1.165, 1.54) is 0 Å². The molecule has 124 valence electrons. The average molecular weight is 362 g/mol. The van der Waals surface area contributed by atoms with Gasteiger partial charge >= 0.3 is 0 Å². The Morgan fingerprint density at radius 2 is 1.88 bits per heavy atom. The van der Waals surface area contributed by atoms with Gasteiger partial charge in [-0.05, 0) is 36.4 Å². The molecule has 3 rings (SSSR count). The first-order valence-electron chi connectivity index (χ1n) is 7.21. The van der Waals surface area contributed by atoms with Crippen molar-refractivity contribution in [3.63, 3.8) is 0 Å². The third kappa shape index (κ3) is 3.83. The second-order valence-electron chi connectivity index (χ2n) is 4.91. The van der Waals surface area contributed by atoms with Gasteiger partial charge in [0.2, 0.25) is 0 Å². The van der Waals surface area contributed by atoms with E-state index in [0.29, 0.717) is 17.3 Å². The molecule has 0 aliphatic rings. The zero-order chi connectivity index (χ0) is 16.9. The van der Waals surface area contributed by atoms with Crippen LogP contribution in [0.2, 0.25) is 5.02 Å². The number of aromatic nitrogens is 3. The van der Waals surface area contributed by atoms with E-state index in [-0.39, 0.29) is 0 Å². The number of nitrogens with zero attached hydrogens (tertiary/aromatic N) is 2. The van der Waals surface area contributed by atoms with E-state index in [9.17, 15) is 0 Å². The molecule has 0 bridgehead atoms. The maximum absolute atomic E-state index is 5.89. The Morgan fingerprint density at radius 1 is 1.08 bits per heavy atom. The minimum absolute atomic E-state index is 0.598. The number of aromatic amines is 1. The molecule has 24 heavy (non-hydrogen) atoms. The maximum atomic E-state index is 5.89. The zero-order valence-corrected chi connectivity index (χ0v) is 14.8. The normalized spacial score (nSPS) is 10.6. The molecule has 1 aromatic heterocycles. The summed E-state index contributed by atoms with van der Waals surface area (Å²) in [6.45, 7) is 0. The highest BCUT2D eigenvalue weighted by Gasteiger charge is 2.12. The molecule has 1 N–H and O–H groups in total. The molecule has 3 aromatic rings. The average Bonchev–Trinajstić information content (AvgIpc) is 3.09. The largest absolute Gasteiger partial charge is 0.497 e. The maximum Gasteiger partial charge on any atom is 0.184 e. The van der Waals surface area contributed by atoms with Gasteiger partial charge in [0, 0.05) is 16.0 Å². The van der Waals surface area contributed by atoms with Crippen LogP contribution in [0.5, 0.6) is 11.5 Å². The van der Waals surface area contributed by atoms with Crippen molar-refractivity contribution in [2.45, 2.75) is 10.6 Å². The molecule has 0 amide bonds. The standard InChI is InChI=1S/C17H16ClN3O2S/c1-22-12-5-8-14(15(9-12)23-2)17-19-16(20-21-17)10-24-13-6-3-11(18)4-7-13/h3-9H,10H2,1-2H3,(H,19,20,21). The first-order valence-corrected chi connectivity index (χ1v) is 8.58. The lowest BCUT2D eigenvalue weighted by molar-refractivity contribution is 0.395. The summed E-state index contributed by atoms with van der Waals surface area (Å²) in [5, 5.41) is 7.99. The number of hydrogen-bond donors (Lipinski definition) is 1. The molecular weight excluding hydrogens is 346 g/mol. The van der Waals surface area contributed by atoms with E-state index < -0.39 is 0 Å². The minimum Gasteiger partial charge on any atom is -0.497 e. The van der Waals surface area contributed by atoms with Crippen LogP contribution in [0.25, 0.3) is 11.4 Å². The molecular formula is C17H16ClN3O2S. The molecule has 0 fully saturated rings. The number of nitrogens with one attached hydrogen (secondary N) is 1. The molecule has 2 aromatic carbocycles. The topological polar surface area (TPSA) is 60.0 Å². The van der Waals surface area contributed by atoms with Crippen LogP contribution in [0, 0.1) is 0 Å². The van der Waals surface area contributed by atoms with Crippen LogP contribution >= 0.6 is 23.4 Å². The van der Waals surface area contributed by atoms with Crippen molar-refractivity contribution in [2.75, 3.05) is 14.2 Å². The molecule has 0 saturated heterocycles. The molecule has 0 spiro atoms. The Morgan fingerprint density at radius 3 is 2.58 bits per heavy atom. The Kier molecular flexibility index (Phi) is 5.27. The van der Waals surface area contributed by atoms with E-state index in [4.69, 9.17) is 21.1 Å². The summed E-state index contributed by atoms with van der Waals surface area (Å²) in [7, 11) is 3.23. The Balaban J connectivity index is 1.74. The van der Waals surface area contributed by atoms with Gasteiger partial charge < -0.3 is 9.47 Å². The molecule has 0 radical (unpaired) electrons. The lowest BCUT2D eigenvalue weighted by atomic mass is 10.2. The third-order valence-corrected chi connectivity index (χ3v) is 4.65. The second-order valence-corrected chi connectivity index (χ2v) is 6.40. The van der Waals surface area contributed by atoms with E-state index in [0.717, 1.165) is 27.1 Å². The van der Waals surface area contributed by atoms with Crippen molar-refractivity contribution in [1.82, 2.24) is 15.2 Å². The summed E-state index contributed by atoms with van der Waals surface area (Å²) in [6, 6.07) is 13.3. The van der Waals surface area contributed by atoms with E-state index >= 15 is 0 Å². The zero-order valence-electron chi connectivity index (χ0n) is 13.2. The van der Waals surface area contributed by atoms with E-state index in [1.807, 2.05) is 42.5 Å². The summed E-state index contributed by atoms with van der Waals surface area (Å²) in [4.78, 5) is 5.67. The van der Waals surface area contributed by atoms with Gasteiger partial charge in [-0.15, -0.1) is 11.8 Å². The fraction of sp³-hybridized carbons (Fsp3) is 0.176. The Bertz CT molecular complexity index is 821. The van der Waals surface area contributed by atoms with Crippen molar-refractivity contribution in [1.29, 1.82) is 0 Å². The summed E-state index contributed by atoms with van der Waals surface area (Å²) in [5.74, 6) is 3.48. The highest BCUT2D eigenvalue weighted by atomic mass is 35.5. The fourth-order valence-electron chi connectivity index (χ4n) is 2.15. The number of hydrogen-bond acceptors (Lipinski definition) is 5. The number of rotatable bonds is 6. The van der Waals surface area contributed by atoms with Crippen LogP contribution in [0.15, 0.2) is 47.4 Å². The molecule has 0 atom stereocenters. The Hall–Kier alpha value is -2.18. The van der Waals surface area contributed by atoms with Gasteiger partial charge in [-0.3, -0.25) is 5.10 Å². The number of H-pyrrole nitrogens is 1. The summed E-state index contributed by atoms with van der Waals surface area (Å²) < 4.78 is 10.6. The van der Waals surface area contributed by atoms with Gasteiger partial charge in [0.25, 0.3) is 0 Å². The second kappa shape index (κ2) is 7.59. The third-order valence-electron chi connectivity index (χ3n) is 3.37. The monoisotopic (exact) mass is 361 g/mol. The number of thioether (sulfide) groups is 1. The first kappa shape index (κ1) is 16.7. The SMILES string of the molecule is COc1ccc(-c2n[nH]c(CSc3ccc(Cl)cc3)n2)c(OC)c1. The van der Waals surface area contributed by atoms with Crippen molar-refractivity contribution in [3.8, 4) is 22.9 Å². The lowest BCUT2D eigenvalue weighted by Gasteiger charge is -2.07. The van der Waals surface area contributed by atoms with Crippen LogP contribution in [0.3, 0.4) is 0 Å². The fourth-order valence-corrected chi connectivity index (χ4v) is 3.03. The van der Waals surface area contributed by atoms with Gasteiger partial charge in [0.1, 0.15) is 17.3 Å². The van der Waals surface area contributed by atoms with Crippen LogP contribution in [-0.4, -0.2) is 29.4 Å². The number of benzene rings is 2. The number of methoxy groups -OCH3 is 2. The van der Waals surface area contributed by atoms with Gasteiger partial charge in [-0.1, -0.05) is 11.6 Å². The lowest BCUT2D eigenvalue weighted by Crippen LogP contribution is -1.91. The molecule has 0 aliphatic heterocycles. The van der Waals surface area contributed by atoms with Crippen LogP contribution < -0.4 is 9.47 Å². The molecule has 7 heteroatoms. The first-order chi connectivity index (χ1) is 11.7. The highest BCUT2D eigenvalue weighted by molar-refractivity contribution is 7.98. The predicted molar refractivity (Wildman–Crippen MR) is 95.9 cm³/mol. The number of ether oxygens (including phenoxy) is 2. The quantitative estimate of drug-likeness (QED) is 0.658. The van der Waals surface area contributed by atoms with Gasteiger partial charge in [-0.2, -0.15) is 5.10 Å². The minimum atomic E-state index is 0.598. The smallest absolute Gasteiger partial charge is 0.184 e. The summed E-state index contributed by atoms with van der Waals surface area (Å²) in [5.41, 5.74) is 0.817. The molecule has 0 unspecified atom stereocenters. The van der Waals surface area contributed by atoms with E-state index in [1.54, 1.807) is 26.0 Å². The van der Waals surface area contributed by atoms with Crippen LogP contribution in [-0.2, 0) is 5.75 Å². The molecule has 5 nitrogen and oxygen atoms in total. The Labute approximate surface area is 149 Å². The molecule has 1 heterocycles. The van der Waals surface area contributed by atoms with E-state index in [2.05, 4.69) is 15.2 Å². The predicted octanol–water partition coefficient (Wildman–Crippen LogP) is 4.43. The van der Waals surface area contributed by atoms with Gasteiger partial charge in [-0.25, -0.2) is 4.98 Å². The van der Waals surface area contributed by atoms with Gasteiger partial charge in [0.05, 0.1) is 25.5 Å². The van der Waals surface area contributed by atoms with Gasteiger partial charge in [0.15, 0.2) is 5.82 Å². The van der Waals surface area contributed by atoms with Crippen LogP contribution in [0.4, 0.5) is 0 Å².